The van der Waals surface area contributed by atoms with E-state index >= 15 is 0 Å². The molecule has 1 unspecified atom stereocenters. The Kier molecular flexibility index (Phi) is 4.57. The van der Waals surface area contributed by atoms with Crippen molar-refractivity contribution in [1.29, 1.82) is 0 Å². The molecule has 1 atom stereocenters. The summed E-state index contributed by atoms with van der Waals surface area (Å²) in [5.74, 6) is -0.910. The second-order valence-electron chi connectivity index (χ2n) is 6.02. The van der Waals surface area contributed by atoms with Gasteiger partial charge in [-0.05, 0) is 30.5 Å². The van der Waals surface area contributed by atoms with Gasteiger partial charge in [0.25, 0.3) is 5.91 Å². The van der Waals surface area contributed by atoms with Crippen molar-refractivity contribution in [3.8, 4) is 0 Å². The number of hydrogen-bond donors (Lipinski definition) is 1. The molecule has 1 aromatic heterocycles. The topological polar surface area (TPSA) is 75.4 Å². The lowest BCUT2D eigenvalue weighted by Gasteiger charge is -2.32. The smallest absolute Gasteiger partial charge is 0.335 e. The Labute approximate surface area is 144 Å². The van der Waals surface area contributed by atoms with Gasteiger partial charge in [0.2, 0.25) is 0 Å². The first-order valence-electron chi connectivity index (χ1n) is 7.77. The number of aromatic nitrogens is 2. The van der Waals surface area contributed by atoms with Gasteiger partial charge in [0.1, 0.15) is 0 Å². The second kappa shape index (κ2) is 6.65. The molecule has 2 aromatic rings. The van der Waals surface area contributed by atoms with Crippen molar-refractivity contribution in [2.24, 2.45) is 7.05 Å². The molecule has 1 aliphatic heterocycles. The van der Waals surface area contributed by atoms with Crippen LogP contribution in [-0.2, 0) is 7.05 Å². The van der Waals surface area contributed by atoms with E-state index < -0.39 is 5.97 Å². The van der Waals surface area contributed by atoms with E-state index in [2.05, 4.69) is 5.10 Å². The Morgan fingerprint density at radius 1 is 1.29 bits per heavy atom. The van der Waals surface area contributed by atoms with Gasteiger partial charge in [-0.2, -0.15) is 5.10 Å². The minimum Gasteiger partial charge on any atom is -0.478 e. The Morgan fingerprint density at radius 3 is 2.58 bits per heavy atom. The Morgan fingerprint density at radius 2 is 2.00 bits per heavy atom. The van der Waals surface area contributed by atoms with E-state index in [-0.39, 0.29) is 23.1 Å². The summed E-state index contributed by atoms with van der Waals surface area (Å²) < 4.78 is 1.53. The van der Waals surface area contributed by atoms with Crippen molar-refractivity contribution in [2.45, 2.75) is 18.8 Å². The fourth-order valence-corrected chi connectivity index (χ4v) is 3.35. The average molecular weight is 348 g/mol. The van der Waals surface area contributed by atoms with Crippen LogP contribution >= 0.6 is 11.6 Å². The second-order valence-corrected chi connectivity index (χ2v) is 6.42. The van der Waals surface area contributed by atoms with E-state index in [0.29, 0.717) is 18.1 Å². The molecule has 0 radical (unpaired) electrons. The number of carbonyl (C=O) groups is 2. The third-order valence-corrected chi connectivity index (χ3v) is 4.60. The van der Waals surface area contributed by atoms with Gasteiger partial charge >= 0.3 is 5.97 Å². The van der Waals surface area contributed by atoms with Crippen LogP contribution in [0.1, 0.15) is 45.2 Å². The van der Waals surface area contributed by atoms with Crippen LogP contribution in [0.4, 0.5) is 0 Å². The first kappa shape index (κ1) is 16.5. The lowest BCUT2D eigenvalue weighted by atomic mass is 9.90. The number of carboxylic acid groups (broad SMARTS) is 1. The number of halogens is 1. The average Bonchev–Trinajstić information content (AvgIpc) is 2.92. The van der Waals surface area contributed by atoms with E-state index in [1.807, 2.05) is 12.1 Å². The maximum Gasteiger partial charge on any atom is 0.335 e. The molecule has 1 fully saturated rings. The SMILES string of the molecule is Cn1cc(Cl)c(C(=O)N2CCCC(c3ccc(C(=O)O)cc3)C2)n1. The molecule has 6 nitrogen and oxygen atoms in total. The summed E-state index contributed by atoms with van der Waals surface area (Å²) in [4.78, 5) is 25.4. The predicted octanol–water partition coefficient (Wildman–Crippen LogP) is 2.79. The molecule has 2 heterocycles. The summed E-state index contributed by atoms with van der Waals surface area (Å²) in [6.07, 6.45) is 3.47. The van der Waals surface area contributed by atoms with Crippen molar-refractivity contribution in [3.63, 3.8) is 0 Å². The maximum absolute atomic E-state index is 12.6. The van der Waals surface area contributed by atoms with Crippen LogP contribution in [0, 0.1) is 0 Å². The molecule has 0 aliphatic carbocycles. The number of benzene rings is 1. The number of hydrogen-bond acceptors (Lipinski definition) is 3. The first-order chi connectivity index (χ1) is 11.5. The van der Waals surface area contributed by atoms with E-state index in [9.17, 15) is 9.59 Å². The molecule has 1 N–H and O–H groups in total. The molecular weight excluding hydrogens is 330 g/mol. The number of likely N-dealkylation sites (tertiary alicyclic amines) is 1. The highest BCUT2D eigenvalue weighted by Gasteiger charge is 2.28. The number of rotatable bonds is 3. The van der Waals surface area contributed by atoms with Crippen molar-refractivity contribution >= 4 is 23.5 Å². The number of nitrogens with zero attached hydrogens (tertiary/aromatic N) is 3. The molecule has 7 heteroatoms. The highest BCUT2D eigenvalue weighted by molar-refractivity contribution is 6.33. The zero-order valence-electron chi connectivity index (χ0n) is 13.3. The van der Waals surface area contributed by atoms with Crippen LogP contribution in [0.5, 0.6) is 0 Å². The van der Waals surface area contributed by atoms with Gasteiger partial charge in [-0.15, -0.1) is 0 Å². The number of piperidine rings is 1. The monoisotopic (exact) mass is 347 g/mol. The predicted molar refractivity (Wildman–Crippen MR) is 89.5 cm³/mol. The maximum atomic E-state index is 12.6. The summed E-state index contributed by atoms with van der Waals surface area (Å²) in [6.45, 7) is 1.26. The fraction of sp³-hybridized carbons (Fsp3) is 0.353. The van der Waals surface area contributed by atoms with Gasteiger partial charge in [0, 0.05) is 32.3 Å². The van der Waals surface area contributed by atoms with E-state index in [4.69, 9.17) is 16.7 Å². The quantitative estimate of drug-likeness (QED) is 0.926. The van der Waals surface area contributed by atoms with Crippen molar-refractivity contribution in [1.82, 2.24) is 14.7 Å². The normalized spacial score (nSPS) is 17.8. The van der Waals surface area contributed by atoms with Gasteiger partial charge in [0.05, 0.1) is 10.6 Å². The Balaban J connectivity index is 1.75. The molecule has 0 bridgehead atoms. The van der Waals surface area contributed by atoms with Crippen LogP contribution < -0.4 is 0 Å². The minimum absolute atomic E-state index is 0.160. The van der Waals surface area contributed by atoms with Crippen LogP contribution in [0.2, 0.25) is 5.02 Å². The third kappa shape index (κ3) is 3.28. The van der Waals surface area contributed by atoms with Crippen LogP contribution in [-0.4, -0.2) is 44.8 Å². The standard InChI is InChI=1S/C17H18ClN3O3/c1-20-10-14(18)15(19-20)16(22)21-8-2-3-13(9-21)11-4-6-12(7-5-11)17(23)24/h4-7,10,13H,2-3,8-9H2,1H3,(H,23,24). The molecule has 0 saturated carbocycles. The van der Waals surface area contributed by atoms with Crippen LogP contribution in [0.25, 0.3) is 0 Å². The van der Waals surface area contributed by atoms with Gasteiger partial charge in [-0.3, -0.25) is 9.48 Å². The van der Waals surface area contributed by atoms with E-state index in [1.165, 1.54) is 4.68 Å². The highest BCUT2D eigenvalue weighted by atomic mass is 35.5. The molecule has 1 amide bonds. The van der Waals surface area contributed by atoms with Gasteiger partial charge in [-0.1, -0.05) is 23.7 Å². The first-order valence-corrected chi connectivity index (χ1v) is 8.15. The van der Waals surface area contributed by atoms with E-state index in [1.54, 1.807) is 30.3 Å². The van der Waals surface area contributed by atoms with E-state index in [0.717, 1.165) is 18.4 Å². The summed E-state index contributed by atoms with van der Waals surface area (Å²) >= 11 is 6.07. The van der Waals surface area contributed by atoms with Crippen LogP contribution in [0.3, 0.4) is 0 Å². The summed E-state index contributed by atoms with van der Waals surface area (Å²) in [6, 6.07) is 6.87. The molecule has 126 valence electrons. The number of aryl methyl sites for hydroxylation is 1. The Bertz CT molecular complexity index is 770. The number of amides is 1. The van der Waals surface area contributed by atoms with Gasteiger partial charge in [-0.25, -0.2) is 4.79 Å². The third-order valence-electron chi connectivity index (χ3n) is 4.32. The van der Waals surface area contributed by atoms with Crippen LogP contribution in [0.15, 0.2) is 30.5 Å². The summed E-state index contributed by atoms with van der Waals surface area (Å²) in [5.41, 5.74) is 1.59. The molecule has 1 saturated heterocycles. The largest absolute Gasteiger partial charge is 0.478 e. The number of aromatic carboxylic acids is 1. The summed E-state index contributed by atoms with van der Waals surface area (Å²) in [7, 11) is 1.73. The van der Waals surface area contributed by atoms with Gasteiger partial charge < -0.3 is 10.0 Å². The van der Waals surface area contributed by atoms with Gasteiger partial charge in [0.15, 0.2) is 5.69 Å². The number of carboxylic acids is 1. The molecule has 1 aliphatic rings. The lowest BCUT2D eigenvalue weighted by molar-refractivity contribution is 0.0692. The molecule has 3 rings (SSSR count). The molecule has 1 aromatic carbocycles. The van der Waals surface area contributed by atoms with Crippen molar-refractivity contribution in [2.75, 3.05) is 13.1 Å². The number of carbonyl (C=O) groups excluding carboxylic acids is 1. The minimum atomic E-state index is -0.938. The zero-order chi connectivity index (χ0) is 17.3. The lowest BCUT2D eigenvalue weighted by Crippen LogP contribution is -2.39. The Hall–Kier alpha value is -2.34. The molecule has 0 spiro atoms. The molecule has 24 heavy (non-hydrogen) atoms. The van der Waals surface area contributed by atoms with Crippen molar-refractivity contribution in [3.05, 3.63) is 52.3 Å². The summed E-state index contributed by atoms with van der Waals surface area (Å²) in [5, 5.41) is 13.5. The zero-order valence-corrected chi connectivity index (χ0v) is 14.0. The van der Waals surface area contributed by atoms with Crippen molar-refractivity contribution < 1.29 is 14.7 Å². The fourth-order valence-electron chi connectivity index (χ4n) is 3.09. The molecular formula is C17H18ClN3O3. The highest BCUT2D eigenvalue weighted by Crippen LogP contribution is 2.28.